The normalized spacial score (nSPS) is 10.2. The molecule has 7 heteroatoms. The number of likely N-dealkylation sites (N-methyl/N-ethyl adjacent to an activating group) is 1. The van der Waals surface area contributed by atoms with Crippen LogP contribution >= 0.6 is 0 Å². The Morgan fingerprint density at radius 1 is 1.33 bits per heavy atom. The van der Waals surface area contributed by atoms with Crippen molar-refractivity contribution in [3.63, 3.8) is 0 Å². The van der Waals surface area contributed by atoms with E-state index >= 15 is 0 Å². The minimum Gasteiger partial charge on any atom is -0.477 e. The van der Waals surface area contributed by atoms with Gasteiger partial charge in [-0.1, -0.05) is 12.1 Å². The van der Waals surface area contributed by atoms with Gasteiger partial charge in [-0.3, -0.25) is 14.9 Å². The number of benzene rings is 1. The number of nitro groups is 1. The molecule has 7 nitrogen and oxygen atoms in total. The number of nitrogens with zero attached hydrogens (tertiary/aromatic N) is 2. The van der Waals surface area contributed by atoms with E-state index in [9.17, 15) is 14.9 Å². The third kappa shape index (κ3) is 5.78. The van der Waals surface area contributed by atoms with E-state index < -0.39 is 4.92 Å². The van der Waals surface area contributed by atoms with E-state index in [1.54, 1.807) is 19.2 Å². The summed E-state index contributed by atoms with van der Waals surface area (Å²) in [5.41, 5.74) is -0.157. The predicted molar refractivity (Wildman–Crippen MR) is 77.2 cm³/mol. The monoisotopic (exact) mass is 296 g/mol. The molecule has 0 aliphatic heterocycles. The molecule has 0 fully saturated rings. The SMILES string of the molecule is CN(CCCCCO)C(=O)COc1ccccc1[N+](=O)[O-]. The Kier molecular flexibility index (Phi) is 7.17. The number of para-hydroxylation sites is 2. The van der Waals surface area contributed by atoms with Crippen molar-refractivity contribution in [2.75, 3.05) is 26.8 Å². The summed E-state index contributed by atoms with van der Waals surface area (Å²) in [6.45, 7) is 0.485. The Morgan fingerprint density at radius 2 is 2.05 bits per heavy atom. The number of carbonyl (C=O) groups excluding carboxylic acids is 1. The molecule has 0 heterocycles. The van der Waals surface area contributed by atoms with Gasteiger partial charge in [0.1, 0.15) is 0 Å². The molecular weight excluding hydrogens is 276 g/mol. The largest absolute Gasteiger partial charge is 0.477 e. The van der Waals surface area contributed by atoms with Crippen LogP contribution < -0.4 is 4.74 Å². The van der Waals surface area contributed by atoms with E-state index in [1.807, 2.05) is 0 Å². The summed E-state index contributed by atoms with van der Waals surface area (Å²) < 4.78 is 5.24. The third-order valence-corrected chi connectivity index (χ3v) is 2.99. The van der Waals surface area contributed by atoms with Crippen molar-refractivity contribution in [2.24, 2.45) is 0 Å². The average molecular weight is 296 g/mol. The van der Waals surface area contributed by atoms with Gasteiger partial charge in [0.15, 0.2) is 12.4 Å². The molecule has 0 atom stereocenters. The van der Waals surface area contributed by atoms with Crippen molar-refractivity contribution < 1.29 is 19.6 Å². The number of hydrogen-bond acceptors (Lipinski definition) is 5. The van der Waals surface area contributed by atoms with Crippen LogP contribution in [0.4, 0.5) is 5.69 Å². The van der Waals surface area contributed by atoms with Gasteiger partial charge in [-0.25, -0.2) is 0 Å². The molecule has 0 bridgehead atoms. The van der Waals surface area contributed by atoms with Gasteiger partial charge < -0.3 is 14.7 Å². The minimum atomic E-state index is -0.543. The summed E-state index contributed by atoms with van der Waals surface area (Å²) in [6, 6.07) is 5.95. The zero-order valence-electron chi connectivity index (χ0n) is 12.0. The number of carbonyl (C=O) groups is 1. The van der Waals surface area contributed by atoms with E-state index in [0.29, 0.717) is 6.54 Å². The predicted octanol–water partition coefficient (Wildman–Crippen LogP) is 1.59. The fraction of sp³-hybridized carbons (Fsp3) is 0.500. The fourth-order valence-electron chi connectivity index (χ4n) is 1.74. The van der Waals surface area contributed by atoms with E-state index in [2.05, 4.69) is 0 Å². The number of amides is 1. The maximum atomic E-state index is 11.8. The smallest absolute Gasteiger partial charge is 0.310 e. The summed E-state index contributed by atoms with van der Waals surface area (Å²) in [5.74, 6) is -0.151. The lowest BCUT2D eigenvalue weighted by Gasteiger charge is -2.17. The van der Waals surface area contributed by atoms with Gasteiger partial charge in [-0.2, -0.15) is 0 Å². The maximum Gasteiger partial charge on any atom is 0.310 e. The quantitative estimate of drug-likeness (QED) is 0.424. The first-order valence-electron chi connectivity index (χ1n) is 6.77. The van der Waals surface area contributed by atoms with Gasteiger partial charge in [-0.05, 0) is 25.3 Å². The summed E-state index contributed by atoms with van der Waals surface area (Å²) in [6.07, 6.45) is 2.36. The van der Waals surface area contributed by atoms with Crippen molar-refractivity contribution in [1.29, 1.82) is 0 Å². The minimum absolute atomic E-state index is 0.0875. The van der Waals surface area contributed by atoms with Crippen LogP contribution in [-0.4, -0.2) is 47.6 Å². The van der Waals surface area contributed by atoms with Crippen LogP contribution in [0.3, 0.4) is 0 Å². The lowest BCUT2D eigenvalue weighted by molar-refractivity contribution is -0.385. The van der Waals surface area contributed by atoms with Crippen LogP contribution in [0.2, 0.25) is 0 Å². The first kappa shape index (κ1) is 16.9. The molecule has 0 aliphatic carbocycles. The number of aliphatic hydroxyl groups excluding tert-OH is 1. The molecule has 1 aromatic carbocycles. The Bertz CT molecular complexity index is 478. The molecule has 1 aromatic rings. The Labute approximate surface area is 123 Å². The van der Waals surface area contributed by atoms with Gasteiger partial charge in [0.25, 0.3) is 5.91 Å². The number of unbranched alkanes of at least 4 members (excludes halogenated alkanes) is 2. The molecule has 0 aliphatic rings. The van der Waals surface area contributed by atoms with E-state index in [1.165, 1.54) is 17.0 Å². The molecule has 1 rings (SSSR count). The van der Waals surface area contributed by atoms with Crippen LogP contribution in [-0.2, 0) is 4.79 Å². The number of rotatable bonds is 9. The van der Waals surface area contributed by atoms with Gasteiger partial charge in [0, 0.05) is 26.3 Å². The lowest BCUT2D eigenvalue weighted by atomic mass is 10.2. The highest BCUT2D eigenvalue weighted by Gasteiger charge is 2.16. The van der Waals surface area contributed by atoms with Gasteiger partial charge in [0.05, 0.1) is 4.92 Å². The first-order valence-corrected chi connectivity index (χ1v) is 6.77. The first-order chi connectivity index (χ1) is 10.1. The van der Waals surface area contributed by atoms with Crippen LogP contribution in [0, 0.1) is 10.1 Å². The standard InChI is InChI=1S/C14H20N2O5/c1-15(9-5-2-6-10-17)14(18)11-21-13-8-4-3-7-12(13)16(19)20/h3-4,7-8,17H,2,5-6,9-11H2,1H3. The molecule has 0 saturated carbocycles. The summed E-state index contributed by atoms with van der Waals surface area (Å²) >= 11 is 0. The molecule has 1 N–H and O–H groups in total. The zero-order chi connectivity index (χ0) is 15.7. The van der Waals surface area contributed by atoms with Crippen molar-refractivity contribution in [2.45, 2.75) is 19.3 Å². The van der Waals surface area contributed by atoms with Crippen molar-refractivity contribution in [1.82, 2.24) is 4.90 Å². The van der Waals surface area contributed by atoms with Gasteiger partial charge in [0.2, 0.25) is 0 Å². The average Bonchev–Trinajstić information content (AvgIpc) is 2.49. The van der Waals surface area contributed by atoms with Gasteiger partial charge >= 0.3 is 5.69 Å². The summed E-state index contributed by atoms with van der Waals surface area (Å²) in [4.78, 5) is 23.6. The van der Waals surface area contributed by atoms with E-state index in [-0.39, 0.29) is 30.6 Å². The Hall–Kier alpha value is -2.15. The van der Waals surface area contributed by atoms with Gasteiger partial charge in [-0.15, -0.1) is 0 Å². The fourth-order valence-corrected chi connectivity index (χ4v) is 1.74. The zero-order valence-corrected chi connectivity index (χ0v) is 12.0. The summed E-state index contributed by atoms with van der Waals surface area (Å²) in [7, 11) is 1.66. The third-order valence-electron chi connectivity index (χ3n) is 2.99. The van der Waals surface area contributed by atoms with Crippen LogP contribution in [0.1, 0.15) is 19.3 Å². The number of aliphatic hydroxyl groups is 1. The highest BCUT2D eigenvalue weighted by Crippen LogP contribution is 2.25. The molecule has 0 saturated heterocycles. The van der Waals surface area contributed by atoms with Crippen molar-refractivity contribution in [3.05, 3.63) is 34.4 Å². The molecule has 0 spiro atoms. The number of hydrogen-bond donors (Lipinski definition) is 1. The van der Waals surface area contributed by atoms with Crippen LogP contribution in [0.25, 0.3) is 0 Å². The second-order valence-corrected chi connectivity index (χ2v) is 4.61. The molecule has 116 valence electrons. The molecular formula is C14H20N2O5. The van der Waals surface area contributed by atoms with E-state index in [4.69, 9.17) is 9.84 Å². The number of ether oxygens (including phenoxy) is 1. The topological polar surface area (TPSA) is 92.9 Å². The highest BCUT2D eigenvalue weighted by atomic mass is 16.6. The molecule has 0 aromatic heterocycles. The molecule has 21 heavy (non-hydrogen) atoms. The Morgan fingerprint density at radius 3 is 2.71 bits per heavy atom. The second kappa shape index (κ2) is 8.91. The van der Waals surface area contributed by atoms with Crippen molar-refractivity contribution in [3.8, 4) is 5.75 Å². The Balaban J connectivity index is 2.44. The van der Waals surface area contributed by atoms with Crippen LogP contribution in [0.5, 0.6) is 5.75 Å². The second-order valence-electron chi connectivity index (χ2n) is 4.61. The van der Waals surface area contributed by atoms with Crippen molar-refractivity contribution >= 4 is 11.6 Å². The number of nitro benzene ring substituents is 1. The lowest BCUT2D eigenvalue weighted by Crippen LogP contribution is -2.32. The highest BCUT2D eigenvalue weighted by molar-refractivity contribution is 5.77. The molecule has 1 amide bonds. The van der Waals surface area contributed by atoms with Crippen LogP contribution in [0.15, 0.2) is 24.3 Å². The molecule has 0 unspecified atom stereocenters. The maximum absolute atomic E-state index is 11.8. The van der Waals surface area contributed by atoms with E-state index in [0.717, 1.165) is 19.3 Å². The molecule has 0 radical (unpaired) electrons. The summed E-state index contributed by atoms with van der Waals surface area (Å²) in [5, 5.41) is 19.5.